The van der Waals surface area contributed by atoms with E-state index in [1.54, 1.807) is 13.3 Å². The Labute approximate surface area is 186 Å². The third-order valence-electron chi connectivity index (χ3n) is 4.98. The van der Waals surface area contributed by atoms with E-state index in [9.17, 15) is 31.1 Å². The molecule has 1 unspecified atom stereocenters. The van der Waals surface area contributed by atoms with Gasteiger partial charge in [0.2, 0.25) is 0 Å². The Bertz CT molecular complexity index is 1090. The highest BCUT2D eigenvalue weighted by molar-refractivity contribution is 7.73. The van der Waals surface area contributed by atoms with Crippen LogP contribution < -0.4 is 0 Å². The van der Waals surface area contributed by atoms with E-state index in [1.165, 1.54) is 26.2 Å². The van der Waals surface area contributed by atoms with Gasteiger partial charge in [-0.1, -0.05) is 11.6 Å². The molecule has 12 heteroatoms. The highest BCUT2D eigenvalue weighted by Crippen LogP contribution is 2.47. The van der Waals surface area contributed by atoms with Crippen molar-refractivity contribution >= 4 is 30.8 Å². The highest BCUT2D eigenvalue weighted by Gasteiger charge is 2.49. The first-order valence-electron chi connectivity index (χ1n) is 9.16. The molecule has 0 radical (unpaired) electrons. The van der Waals surface area contributed by atoms with Gasteiger partial charge in [0, 0.05) is 17.6 Å². The molecule has 1 aromatic heterocycles. The lowest BCUT2D eigenvalue weighted by Gasteiger charge is -2.25. The van der Waals surface area contributed by atoms with E-state index in [0.29, 0.717) is 0 Å². The normalized spacial score (nSPS) is 13.9. The van der Waals surface area contributed by atoms with Crippen molar-refractivity contribution in [1.82, 2.24) is 9.78 Å². The van der Waals surface area contributed by atoms with E-state index in [1.807, 2.05) is 0 Å². The van der Waals surface area contributed by atoms with Crippen LogP contribution in [0.5, 0.6) is 0 Å². The second-order valence-electron chi connectivity index (χ2n) is 7.97. The van der Waals surface area contributed by atoms with E-state index >= 15 is 0 Å². The zero-order valence-corrected chi connectivity index (χ0v) is 19.6. The summed E-state index contributed by atoms with van der Waals surface area (Å²) in [4.78, 5) is 12.3. The summed E-state index contributed by atoms with van der Waals surface area (Å²) in [5, 5.41) is 3.72. The standard InChI is InChI=1S/C20H22ClF6N2O2P/c1-10-7-13(21)11(9-14(18(30)31-3)32(4,5)6)8-12(10)16-15(19(22,23)24)17(20(25,26)27)29(2)28-16/h7-8,14H,4,9H2,1-3,5-6H3. The van der Waals surface area contributed by atoms with Gasteiger partial charge in [-0.15, -0.1) is 13.2 Å². The second-order valence-corrected chi connectivity index (χ2v) is 12.6. The van der Waals surface area contributed by atoms with Crippen molar-refractivity contribution < 1.29 is 35.9 Å². The van der Waals surface area contributed by atoms with Crippen LogP contribution in [0.4, 0.5) is 26.3 Å². The largest absolute Gasteiger partial charge is 0.469 e. The number of carbonyl (C=O) groups is 1. The molecule has 1 atom stereocenters. The molecule has 0 aliphatic carbocycles. The SMILES string of the molecule is C=P(C)(C)C(Cc1cc(-c2nn(C)c(C(F)(F)F)c2C(F)(F)F)c(C)cc1Cl)C(=O)OC. The van der Waals surface area contributed by atoms with Crippen LogP contribution in [0, 0.1) is 6.92 Å². The number of aryl methyl sites for hydroxylation is 2. The summed E-state index contributed by atoms with van der Waals surface area (Å²) in [7, 11) is 2.01. The van der Waals surface area contributed by atoms with Crippen molar-refractivity contribution in [2.24, 2.45) is 7.05 Å². The van der Waals surface area contributed by atoms with Crippen molar-refractivity contribution in [3.8, 4) is 11.3 Å². The molecular weight excluding hydrogens is 481 g/mol. The van der Waals surface area contributed by atoms with E-state index in [-0.39, 0.29) is 32.8 Å². The topological polar surface area (TPSA) is 44.1 Å². The van der Waals surface area contributed by atoms with Gasteiger partial charge in [0.05, 0.1) is 12.8 Å². The first-order chi connectivity index (χ1) is 14.4. The number of nitrogens with zero attached hydrogens (tertiary/aromatic N) is 2. The molecule has 0 spiro atoms. The molecule has 0 bridgehead atoms. The van der Waals surface area contributed by atoms with Crippen LogP contribution in [-0.4, -0.2) is 48.1 Å². The van der Waals surface area contributed by atoms with E-state index in [0.717, 1.165) is 7.05 Å². The smallest absolute Gasteiger partial charge is 0.433 e. The lowest BCUT2D eigenvalue weighted by molar-refractivity contribution is -0.165. The number of rotatable bonds is 5. The molecule has 1 heterocycles. The minimum absolute atomic E-state index is 0.00335. The molecule has 0 aliphatic heterocycles. The monoisotopic (exact) mass is 502 g/mol. The van der Waals surface area contributed by atoms with Crippen LogP contribution in [0.2, 0.25) is 5.02 Å². The summed E-state index contributed by atoms with van der Waals surface area (Å²) >= 11 is 6.28. The summed E-state index contributed by atoms with van der Waals surface area (Å²) in [6, 6.07) is 2.60. The van der Waals surface area contributed by atoms with Gasteiger partial charge in [-0.25, -0.2) is 0 Å². The van der Waals surface area contributed by atoms with Crippen LogP contribution in [0.15, 0.2) is 12.1 Å². The van der Waals surface area contributed by atoms with Crippen molar-refractivity contribution in [3.05, 3.63) is 39.5 Å². The molecule has 0 saturated heterocycles. The second kappa shape index (κ2) is 8.78. The summed E-state index contributed by atoms with van der Waals surface area (Å²) in [6.45, 7) is 2.91. The van der Waals surface area contributed by atoms with Gasteiger partial charge in [-0.2, -0.15) is 31.4 Å². The van der Waals surface area contributed by atoms with Gasteiger partial charge < -0.3 is 4.74 Å². The maximum atomic E-state index is 13.7. The third-order valence-corrected chi connectivity index (χ3v) is 7.41. The lowest BCUT2D eigenvalue weighted by Crippen LogP contribution is -2.25. The summed E-state index contributed by atoms with van der Waals surface area (Å²) < 4.78 is 86.4. The van der Waals surface area contributed by atoms with Crippen LogP contribution >= 0.6 is 18.5 Å². The van der Waals surface area contributed by atoms with Crippen molar-refractivity contribution in [3.63, 3.8) is 0 Å². The minimum Gasteiger partial charge on any atom is -0.469 e. The number of aromatic nitrogens is 2. The fraction of sp³-hybridized carbons (Fsp3) is 0.450. The Hall–Kier alpha value is -1.93. The summed E-state index contributed by atoms with van der Waals surface area (Å²) in [6.07, 6.45) is -6.55. The maximum Gasteiger partial charge on any atom is 0.433 e. The van der Waals surface area contributed by atoms with Crippen molar-refractivity contribution in [2.45, 2.75) is 31.4 Å². The molecular formula is C20H22ClF6N2O2P. The first-order valence-corrected chi connectivity index (χ1v) is 12.5. The zero-order valence-electron chi connectivity index (χ0n) is 18.0. The van der Waals surface area contributed by atoms with Crippen LogP contribution in [-0.2, 0) is 35.4 Å². The quantitative estimate of drug-likeness (QED) is 0.291. The summed E-state index contributed by atoms with van der Waals surface area (Å²) in [5.74, 6) is -0.551. The molecule has 178 valence electrons. The van der Waals surface area contributed by atoms with Crippen LogP contribution in [0.1, 0.15) is 22.4 Å². The number of ether oxygens (including phenoxy) is 1. The number of hydrogen-bond acceptors (Lipinski definition) is 3. The van der Waals surface area contributed by atoms with E-state index in [2.05, 4.69) is 11.4 Å². The van der Waals surface area contributed by atoms with Gasteiger partial charge in [0.25, 0.3) is 0 Å². The van der Waals surface area contributed by atoms with Gasteiger partial charge in [0.15, 0.2) is 5.69 Å². The Kier molecular flexibility index (Phi) is 7.22. The minimum atomic E-state index is -5.31. The van der Waals surface area contributed by atoms with Crippen molar-refractivity contribution in [2.75, 3.05) is 20.4 Å². The number of carbonyl (C=O) groups excluding carboxylic acids is 1. The highest BCUT2D eigenvalue weighted by atomic mass is 35.5. The molecule has 0 aliphatic rings. The number of esters is 1. The average molecular weight is 503 g/mol. The number of methoxy groups -OCH3 is 1. The molecule has 0 N–H and O–H groups in total. The van der Waals surface area contributed by atoms with Crippen molar-refractivity contribution in [1.29, 1.82) is 0 Å². The molecule has 1 aromatic carbocycles. The number of hydrogen-bond donors (Lipinski definition) is 0. The summed E-state index contributed by atoms with van der Waals surface area (Å²) in [5.41, 5.74) is -5.00. The zero-order chi connectivity index (χ0) is 24.8. The fourth-order valence-corrected chi connectivity index (χ4v) is 5.06. The number of benzene rings is 1. The predicted octanol–water partition coefficient (Wildman–Crippen LogP) is 5.88. The van der Waals surface area contributed by atoms with E-state index < -0.39 is 47.8 Å². The third kappa shape index (κ3) is 5.34. The van der Waals surface area contributed by atoms with E-state index in [4.69, 9.17) is 16.3 Å². The fourth-order valence-electron chi connectivity index (χ4n) is 3.40. The molecule has 2 aromatic rings. The maximum absolute atomic E-state index is 13.7. The Morgan fingerprint density at radius 1 is 1.22 bits per heavy atom. The molecule has 4 nitrogen and oxygen atoms in total. The first kappa shape index (κ1) is 26.3. The molecule has 0 saturated carbocycles. The Balaban J connectivity index is 2.77. The number of halogens is 7. The van der Waals surface area contributed by atoms with Gasteiger partial charge in [-0.05, 0) is 49.9 Å². The Morgan fingerprint density at radius 3 is 2.22 bits per heavy atom. The molecule has 2 rings (SSSR count). The van der Waals surface area contributed by atoms with Gasteiger partial charge in [-0.3, -0.25) is 9.48 Å². The molecule has 0 fully saturated rings. The Morgan fingerprint density at radius 2 is 1.78 bits per heavy atom. The van der Waals surface area contributed by atoms with Gasteiger partial charge in [0.1, 0.15) is 11.3 Å². The predicted molar refractivity (Wildman–Crippen MR) is 114 cm³/mol. The van der Waals surface area contributed by atoms with Crippen LogP contribution in [0.25, 0.3) is 11.3 Å². The average Bonchev–Trinajstić information content (AvgIpc) is 2.97. The molecule has 32 heavy (non-hydrogen) atoms. The van der Waals surface area contributed by atoms with Crippen LogP contribution in [0.3, 0.4) is 0 Å². The molecule has 0 amide bonds. The number of alkyl halides is 6. The lowest BCUT2D eigenvalue weighted by atomic mass is 9.96. The van der Waals surface area contributed by atoms with Gasteiger partial charge >= 0.3 is 18.3 Å².